The molecule has 1 N–H and O–H groups in total. The number of thiazole rings is 1. The van der Waals surface area contributed by atoms with E-state index in [1.807, 2.05) is 23.7 Å². The molecule has 1 unspecified atom stereocenters. The van der Waals surface area contributed by atoms with E-state index in [4.69, 9.17) is 11.6 Å². The minimum atomic E-state index is 0.408. The molecule has 1 aliphatic rings. The van der Waals surface area contributed by atoms with Gasteiger partial charge in [0.15, 0.2) is 5.13 Å². The summed E-state index contributed by atoms with van der Waals surface area (Å²) in [5.41, 5.74) is 0. The summed E-state index contributed by atoms with van der Waals surface area (Å²) in [7, 11) is 3.94. The molecule has 3 rings (SSSR count). The van der Waals surface area contributed by atoms with Gasteiger partial charge in [0.25, 0.3) is 0 Å². The summed E-state index contributed by atoms with van der Waals surface area (Å²) in [6.07, 6.45) is 3.67. The summed E-state index contributed by atoms with van der Waals surface area (Å²) in [4.78, 5) is 11.6. The first-order valence-corrected chi connectivity index (χ1v) is 7.75. The van der Waals surface area contributed by atoms with E-state index >= 15 is 0 Å². The monoisotopic (exact) mass is 312 g/mol. The molecule has 0 amide bonds. The first-order valence-electron chi connectivity index (χ1n) is 6.56. The number of anilines is 1. The van der Waals surface area contributed by atoms with E-state index in [2.05, 4.69) is 20.4 Å². The molecule has 1 aliphatic heterocycles. The molecular weight excluding hydrogens is 296 g/mol. The molecule has 108 valence electrons. The molecule has 3 heterocycles. The van der Waals surface area contributed by atoms with Gasteiger partial charge in [-0.05, 0) is 6.42 Å². The van der Waals surface area contributed by atoms with Gasteiger partial charge < -0.3 is 10.2 Å². The predicted octanol–water partition coefficient (Wildman–Crippen LogP) is 1.56. The fourth-order valence-electron chi connectivity index (χ4n) is 2.26. The van der Waals surface area contributed by atoms with Crippen molar-refractivity contribution in [3.05, 3.63) is 22.2 Å². The van der Waals surface area contributed by atoms with Crippen LogP contribution in [0.25, 0.3) is 0 Å². The zero-order chi connectivity index (χ0) is 14.1. The molecule has 0 saturated heterocycles. The highest BCUT2D eigenvalue weighted by atomic mass is 35.5. The third kappa shape index (κ3) is 2.79. The number of aryl methyl sites for hydroxylation is 1. The van der Waals surface area contributed by atoms with Crippen LogP contribution in [0.4, 0.5) is 5.13 Å². The van der Waals surface area contributed by atoms with Crippen molar-refractivity contribution in [3.63, 3.8) is 0 Å². The minimum absolute atomic E-state index is 0.408. The van der Waals surface area contributed by atoms with Crippen molar-refractivity contribution in [3.8, 4) is 0 Å². The van der Waals surface area contributed by atoms with Gasteiger partial charge in [-0.1, -0.05) is 22.9 Å². The number of rotatable bonds is 4. The third-order valence-corrected chi connectivity index (χ3v) is 5.03. The second-order valence-electron chi connectivity index (χ2n) is 5.08. The van der Waals surface area contributed by atoms with Crippen LogP contribution >= 0.6 is 22.9 Å². The normalized spacial score (nSPS) is 18.1. The molecular formula is C12H17ClN6S. The molecule has 0 spiro atoms. The van der Waals surface area contributed by atoms with Crippen LogP contribution in [0.5, 0.6) is 0 Å². The summed E-state index contributed by atoms with van der Waals surface area (Å²) in [5, 5.41) is 9.31. The standard InChI is InChI=1S/C12H17ClN6S/c1-18(2)12-17-11(13)9(20-12)5-14-8-3-4-10-15-7-16-19(10)6-8/h7-8,14H,3-6H2,1-2H3. The van der Waals surface area contributed by atoms with Gasteiger partial charge in [0.2, 0.25) is 0 Å². The molecule has 2 aromatic rings. The molecule has 6 nitrogen and oxygen atoms in total. The van der Waals surface area contributed by atoms with Crippen LogP contribution in [0.3, 0.4) is 0 Å². The van der Waals surface area contributed by atoms with Crippen molar-refractivity contribution in [2.45, 2.75) is 32.0 Å². The van der Waals surface area contributed by atoms with Crippen molar-refractivity contribution in [1.29, 1.82) is 0 Å². The van der Waals surface area contributed by atoms with Crippen LogP contribution < -0.4 is 10.2 Å². The first kappa shape index (κ1) is 13.8. The van der Waals surface area contributed by atoms with Gasteiger partial charge in [-0.3, -0.25) is 0 Å². The van der Waals surface area contributed by atoms with Crippen LogP contribution in [0.2, 0.25) is 5.15 Å². The van der Waals surface area contributed by atoms with E-state index in [9.17, 15) is 0 Å². The quantitative estimate of drug-likeness (QED) is 0.928. The Labute approximate surface area is 126 Å². The summed E-state index contributed by atoms with van der Waals surface area (Å²) in [5.74, 6) is 1.08. The van der Waals surface area contributed by atoms with Crippen LogP contribution in [0, 0.1) is 0 Å². The fourth-order valence-corrected chi connectivity index (χ4v) is 3.40. The second kappa shape index (κ2) is 5.67. The van der Waals surface area contributed by atoms with E-state index in [0.717, 1.165) is 41.8 Å². The highest BCUT2D eigenvalue weighted by Crippen LogP contribution is 2.28. The lowest BCUT2D eigenvalue weighted by atomic mass is 10.1. The number of halogens is 1. The maximum atomic E-state index is 6.18. The molecule has 0 saturated carbocycles. The maximum Gasteiger partial charge on any atom is 0.186 e. The van der Waals surface area contributed by atoms with Crippen molar-refractivity contribution in [2.75, 3.05) is 19.0 Å². The Balaban J connectivity index is 1.60. The minimum Gasteiger partial charge on any atom is -0.354 e. The largest absolute Gasteiger partial charge is 0.354 e. The summed E-state index contributed by atoms with van der Waals surface area (Å²) in [6, 6.07) is 0.408. The van der Waals surface area contributed by atoms with Gasteiger partial charge in [-0.15, -0.1) is 0 Å². The molecule has 8 heteroatoms. The summed E-state index contributed by atoms with van der Waals surface area (Å²) in [6.45, 7) is 1.62. The second-order valence-corrected chi connectivity index (χ2v) is 6.50. The Bertz CT molecular complexity index is 593. The number of nitrogens with one attached hydrogen (secondary N) is 1. The van der Waals surface area contributed by atoms with E-state index < -0.39 is 0 Å². The van der Waals surface area contributed by atoms with E-state index in [1.54, 1.807) is 17.7 Å². The predicted molar refractivity (Wildman–Crippen MR) is 80.4 cm³/mol. The topological polar surface area (TPSA) is 58.9 Å². The number of hydrogen-bond donors (Lipinski definition) is 1. The average molecular weight is 313 g/mol. The van der Waals surface area contributed by atoms with Gasteiger partial charge >= 0.3 is 0 Å². The van der Waals surface area contributed by atoms with Gasteiger partial charge in [0.05, 0.1) is 11.4 Å². The summed E-state index contributed by atoms with van der Waals surface area (Å²) < 4.78 is 1.97. The molecule has 1 atom stereocenters. The van der Waals surface area contributed by atoms with Crippen molar-refractivity contribution < 1.29 is 0 Å². The molecule has 0 bridgehead atoms. The number of fused-ring (bicyclic) bond motifs is 1. The van der Waals surface area contributed by atoms with Crippen LogP contribution in [-0.4, -0.2) is 39.9 Å². The highest BCUT2D eigenvalue weighted by molar-refractivity contribution is 7.16. The SMILES string of the molecule is CN(C)c1nc(Cl)c(CNC2CCc3ncnn3C2)s1. The Morgan fingerprint density at radius 1 is 1.55 bits per heavy atom. The third-order valence-electron chi connectivity index (χ3n) is 3.38. The molecule has 0 fully saturated rings. The zero-order valence-electron chi connectivity index (χ0n) is 11.5. The molecule has 0 radical (unpaired) electrons. The fraction of sp³-hybridized carbons (Fsp3) is 0.583. The Morgan fingerprint density at radius 3 is 3.15 bits per heavy atom. The molecule has 0 aromatic carbocycles. The average Bonchev–Trinajstić information content (AvgIpc) is 3.02. The lowest BCUT2D eigenvalue weighted by Crippen LogP contribution is -2.37. The number of nitrogens with zero attached hydrogens (tertiary/aromatic N) is 5. The number of aromatic nitrogens is 4. The molecule has 0 aliphatic carbocycles. The van der Waals surface area contributed by atoms with Crippen molar-refractivity contribution >= 4 is 28.1 Å². The van der Waals surface area contributed by atoms with E-state index in [-0.39, 0.29) is 0 Å². The van der Waals surface area contributed by atoms with Crippen LogP contribution in [0.1, 0.15) is 17.1 Å². The van der Waals surface area contributed by atoms with Crippen LogP contribution in [0.15, 0.2) is 6.33 Å². The van der Waals surface area contributed by atoms with Gasteiger partial charge in [0, 0.05) is 33.1 Å². The van der Waals surface area contributed by atoms with Crippen molar-refractivity contribution in [2.24, 2.45) is 0 Å². The maximum absolute atomic E-state index is 6.18. The van der Waals surface area contributed by atoms with E-state index in [0.29, 0.717) is 11.2 Å². The molecule has 2 aromatic heterocycles. The van der Waals surface area contributed by atoms with Gasteiger partial charge in [0.1, 0.15) is 17.3 Å². The number of hydrogen-bond acceptors (Lipinski definition) is 6. The zero-order valence-corrected chi connectivity index (χ0v) is 13.1. The Kier molecular flexibility index (Phi) is 3.91. The van der Waals surface area contributed by atoms with Gasteiger partial charge in [-0.2, -0.15) is 5.10 Å². The van der Waals surface area contributed by atoms with Crippen LogP contribution in [-0.2, 0) is 19.5 Å². The lowest BCUT2D eigenvalue weighted by molar-refractivity contribution is 0.359. The molecule has 20 heavy (non-hydrogen) atoms. The first-order chi connectivity index (χ1) is 9.63. The lowest BCUT2D eigenvalue weighted by Gasteiger charge is -2.23. The smallest absolute Gasteiger partial charge is 0.186 e. The van der Waals surface area contributed by atoms with Gasteiger partial charge in [-0.25, -0.2) is 14.6 Å². The van der Waals surface area contributed by atoms with E-state index in [1.165, 1.54) is 0 Å². The Morgan fingerprint density at radius 2 is 2.40 bits per heavy atom. The highest BCUT2D eigenvalue weighted by Gasteiger charge is 2.20. The van der Waals surface area contributed by atoms with Crippen molar-refractivity contribution in [1.82, 2.24) is 25.1 Å². The Hall–Kier alpha value is -1.18. The summed E-state index contributed by atoms with van der Waals surface area (Å²) >= 11 is 7.80.